The van der Waals surface area contributed by atoms with Gasteiger partial charge in [-0.15, -0.1) is 0 Å². The Balaban J connectivity index is 2.27. The largest absolute Gasteiger partial charge is 0.504 e. The number of aryl methyl sites for hydroxylation is 1. The van der Waals surface area contributed by atoms with Crippen LogP contribution >= 0.6 is 22.6 Å². The van der Waals surface area contributed by atoms with Gasteiger partial charge in [0, 0.05) is 17.1 Å². The van der Waals surface area contributed by atoms with Crippen LogP contribution in [0, 0.1) is 6.92 Å². The third-order valence-electron chi connectivity index (χ3n) is 4.75. The topological polar surface area (TPSA) is 93.0 Å². The Morgan fingerprint density at radius 3 is 2.38 bits per heavy atom. The lowest BCUT2D eigenvalue weighted by atomic mass is 9.79. The van der Waals surface area contributed by atoms with Crippen molar-refractivity contribution in [2.45, 2.75) is 62.1 Å². The molecule has 0 radical (unpaired) electrons. The molecule has 4 N–H and O–H groups in total. The molecule has 1 aliphatic rings. The molecule has 24 heavy (non-hydrogen) atoms. The number of carbonyl (C=O) groups is 1. The molecule has 1 aromatic rings. The molecule has 0 bridgehead atoms. The summed E-state index contributed by atoms with van der Waals surface area (Å²) in [6.45, 7) is 9.48. The number of carbonyl (C=O) groups excluding carboxylic acids is 1. The highest BCUT2D eigenvalue weighted by Gasteiger charge is 2.51. The molecule has 7 heteroatoms. The molecule has 134 valence electrons. The first-order valence-corrected chi connectivity index (χ1v) is 9.09. The molecular formula is C17H25IN2O4. The molecule has 1 aromatic carbocycles. The van der Waals surface area contributed by atoms with Gasteiger partial charge in [0.25, 0.3) is 5.91 Å². The Morgan fingerprint density at radius 2 is 1.79 bits per heavy atom. The van der Waals surface area contributed by atoms with Gasteiger partial charge >= 0.3 is 0 Å². The normalized spacial score (nSPS) is 26.1. The van der Waals surface area contributed by atoms with Gasteiger partial charge in [-0.05, 0) is 58.7 Å². The average Bonchev–Trinajstić information content (AvgIpc) is 2.47. The maximum absolute atomic E-state index is 12.7. The number of hydrogen-bond acceptors (Lipinski definition) is 5. The van der Waals surface area contributed by atoms with Gasteiger partial charge in [-0.3, -0.25) is 4.79 Å². The van der Waals surface area contributed by atoms with Gasteiger partial charge in [-0.1, -0.05) is 22.6 Å². The SMILES string of the molecule is Cc1cc(O)c(O)cc1C(=O)NC1CC(C)(C)N(O)C(C)(C)C1I. The smallest absolute Gasteiger partial charge is 0.251 e. The number of amides is 1. The molecule has 0 aromatic heterocycles. The highest BCUT2D eigenvalue weighted by molar-refractivity contribution is 14.1. The first-order valence-electron chi connectivity index (χ1n) is 7.84. The number of hydroxylamine groups is 2. The lowest BCUT2D eigenvalue weighted by molar-refractivity contribution is -0.241. The summed E-state index contributed by atoms with van der Waals surface area (Å²) in [7, 11) is 0. The second-order valence-electron chi connectivity index (χ2n) is 7.62. The van der Waals surface area contributed by atoms with Crippen LogP contribution in [0.1, 0.15) is 50.0 Å². The van der Waals surface area contributed by atoms with Crippen molar-refractivity contribution in [2.24, 2.45) is 0 Å². The predicted octanol–water partition coefficient (Wildman–Crippen LogP) is 2.96. The average molecular weight is 448 g/mol. The van der Waals surface area contributed by atoms with Crippen molar-refractivity contribution in [3.8, 4) is 11.5 Å². The first-order chi connectivity index (χ1) is 10.9. The number of alkyl halides is 1. The molecule has 0 spiro atoms. The van der Waals surface area contributed by atoms with Crippen LogP contribution in [0.4, 0.5) is 0 Å². The summed E-state index contributed by atoms with van der Waals surface area (Å²) in [5, 5.41) is 34.1. The lowest BCUT2D eigenvalue weighted by Gasteiger charge is -2.54. The van der Waals surface area contributed by atoms with Crippen LogP contribution in [0.5, 0.6) is 11.5 Å². The Morgan fingerprint density at radius 1 is 1.25 bits per heavy atom. The molecule has 0 aliphatic carbocycles. The van der Waals surface area contributed by atoms with Gasteiger partial charge in [-0.25, -0.2) is 0 Å². The zero-order valence-corrected chi connectivity index (χ0v) is 16.7. The van der Waals surface area contributed by atoms with Crippen LogP contribution in [-0.4, -0.2) is 47.4 Å². The second kappa shape index (κ2) is 6.34. The third kappa shape index (κ3) is 3.34. The number of benzene rings is 1. The molecule has 6 nitrogen and oxygen atoms in total. The maximum atomic E-state index is 12.7. The highest BCUT2D eigenvalue weighted by Crippen LogP contribution is 2.41. The van der Waals surface area contributed by atoms with Crippen molar-refractivity contribution < 1.29 is 20.2 Å². The van der Waals surface area contributed by atoms with E-state index in [0.717, 1.165) is 0 Å². The Bertz CT molecular complexity index is 660. The minimum absolute atomic E-state index is 0.0110. The summed E-state index contributed by atoms with van der Waals surface area (Å²) in [5.74, 6) is -0.860. The van der Waals surface area contributed by atoms with Crippen molar-refractivity contribution in [3.05, 3.63) is 23.3 Å². The zero-order valence-electron chi connectivity index (χ0n) is 14.6. The van der Waals surface area contributed by atoms with Crippen LogP contribution in [0.25, 0.3) is 0 Å². The van der Waals surface area contributed by atoms with E-state index in [2.05, 4.69) is 27.9 Å². The molecule has 1 amide bonds. The fourth-order valence-corrected chi connectivity index (χ4v) is 4.11. The fourth-order valence-electron chi connectivity index (χ4n) is 3.41. The van der Waals surface area contributed by atoms with Gasteiger partial charge in [-0.2, -0.15) is 5.06 Å². The summed E-state index contributed by atoms with van der Waals surface area (Å²) in [6, 6.07) is 2.51. The molecule has 2 rings (SSSR count). The van der Waals surface area contributed by atoms with Crippen molar-refractivity contribution in [3.63, 3.8) is 0 Å². The molecule has 2 atom stereocenters. The number of nitrogens with zero attached hydrogens (tertiary/aromatic N) is 1. The Hall–Kier alpha value is -1.06. The Kier molecular flexibility index (Phi) is 5.09. The molecular weight excluding hydrogens is 423 g/mol. The number of nitrogens with one attached hydrogen (secondary N) is 1. The van der Waals surface area contributed by atoms with E-state index in [9.17, 15) is 20.2 Å². The maximum Gasteiger partial charge on any atom is 0.251 e. The van der Waals surface area contributed by atoms with E-state index < -0.39 is 11.1 Å². The van der Waals surface area contributed by atoms with E-state index in [-0.39, 0.29) is 27.4 Å². The van der Waals surface area contributed by atoms with Crippen molar-refractivity contribution in [2.75, 3.05) is 0 Å². The van der Waals surface area contributed by atoms with Crippen LogP contribution in [-0.2, 0) is 0 Å². The van der Waals surface area contributed by atoms with Gasteiger partial charge in [0.2, 0.25) is 0 Å². The van der Waals surface area contributed by atoms with Crippen molar-refractivity contribution in [1.29, 1.82) is 0 Å². The van der Waals surface area contributed by atoms with E-state index >= 15 is 0 Å². The summed E-state index contributed by atoms with van der Waals surface area (Å²) < 4.78 is -0.0110. The van der Waals surface area contributed by atoms with E-state index in [1.165, 1.54) is 17.2 Å². The summed E-state index contributed by atoms with van der Waals surface area (Å²) >= 11 is 2.26. The summed E-state index contributed by atoms with van der Waals surface area (Å²) in [5.41, 5.74) is -0.0661. The number of phenolic OH excluding ortho intramolecular Hbond substituents is 2. The molecule has 2 unspecified atom stereocenters. The molecule has 1 aliphatic heterocycles. The van der Waals surface area contributed by atoms with Crippen molar-refractivity contribution in [1.82, 2.24) is 10.4 Å². The van der Waals surface area contributed by atoms with E-state index in [1.54, 1.807) is 6.92 Å². The Labute approximate surface area is 156 Å². The second-order valence-corrected chi connectivity index (χ2v) is 8.96. The molecule has 1 heterocycles. The standard InChI is InChI=1S/C17H25IN2O4/c1-9-6-12(21)13(22)7-10(9)15(23)19-11-8-16(2,3)20(24)17(4,5)14(11)18/h6-7,11,14,21-22,24H,8H2,1-5H3,(H,19,23). The number of piperidine rings is 1. The number of aromatic hydroxyl groups is 2. The molecule has 1 fully saturated rings. The lowest BCUT2D eigenvalue weighted by Crippen LogP contribution is -2.68. The van der Waals surface area contributed by atoms with Crippen LogP contribution < -0.4 is 5.32 Å². The van der Waals surface area contributed by atoms with Gasteiger partial charge in [0.15, 0.2) is 11.5 Å². The zero-order chi connectivity index (χ0) is 18.4. The molecule has 0 saturated carbocycles. The number of hydrogen-bond donors (Lipinski definition) is 4. The quantitative estimate of drug-likeness (QED) is 0.317. The number of phenols is 2. The summed E-state index contributed by atoms with van der Waals surface area (Å²) in [4.78, 5) is 12.7. The third-order valence-corrected chi connectivity index (χ3v) is 7.14. The van der Waals surface area contributed by atoms with Crippen molar-refractivity contribution >= 4 is 28.5 Å². The van der Waals surface area contributed by atoms with Gasteiger partial charge in [0.1, 0.15) is 0 Å². The highest BCUT2D eigenvalue weighted by atomic mass is 127. The van der Waals surface area contributed by atoms with Gasteiger partial charge < -0.3 is 20.7 Å². The monoisotopic (exact) mass is 448 g/mol. The van der Waals surface area contributed by atoms with E-state index in [4.69, 9.17) is 0 Å². The van der Waals surface area contributed by atoms with E-state index in [0.29, 0.717) is 17.5 Å². The summed E-state index contributed by atoms with van der Waals surface area (Å²) in [6.07, 6.45) is 0.593. The predicted molar refractivity (Wildman–Crippen MR) is 100.0 cm³/mol. The fraction of sp³-hybridized carbons (Fsp3) is 0.588. The van der Waals surface area contributed by atoms with Gasteiger partial charge in [0.05, 0.1) is 9.46 Å². The van der Waals surface area contributed by atoms with Crippen LogP contribution in [0.15, 0.2) is 12.1 Å². The minimum Gasteiger partial charge on any atom is -0.504 e. The first kappa shape index (κ1) is 19.3. The van der Waals surface area contributed by atoms with Crippen LogP contribution in [0.2, 0.25) is 0 Å². The van der Waals surface area contributed by atoms with E-state index in [1.807, 2.05) is 27.7 Å². The molecule has 1 saturated heterocycles. The minimum atomic E-state index is -0.508. The number of rotatable bonds is 2. The van der Waals surface area contributed by atoms with Crippen LogP contribution in [0.3, 0.4) is 0 Å². The number of halogens is 1.